The van der Waals surface area contributed by atoms with E-state index in [2.05, 4.69) is 14.9 Å². The van der Waals surface area contributed by atoms with Crippen molar-refractivity contribution < 1.29 is 13.2 Å². The topological polar surface area (TPSA) is 84.1 Å². The highest BCUT2D eigenvalue weighted by molar-refractivity contribution is 7.89. The maximum Gasteiger partial charge on any atom is 0.243 e. The summed E-state index contributed by atoms with van der Waals surface area (Å²) in [5, 5.41) is 6.10. The van der Waals surface area contributed by atoms with Gasteiger partial charge in [-0.2, -0.15) is 5.10 Å². The number of fused-ring (bicyclic) bond motifs is 1. The first-order chi connectivity index (χ1) is 9.15. The molecule has 6 nitrogen and oxygen atoms in total. The standard InChI is InChI=1S/C12H13N3O3S/c16-19(17,11-7-13-14-8-11)15-6-10-5-9-3-1-2-4-12(9)18-10/h1-4,7-8,10,15H,5-6H2,(H,13,14). The van der Waals surface area contributed by atoms with Gasteiger partial charge in [0.2, 0.25) is 10.0 Å². The molecule has 0 saturated carbocycles. The SMILES string of the molecule is O=S(=O)(NCC1Cc2ccccc2O1)c1cn[nH]c1. The number of nitrogens with one attached hydrogen (secondary N) is 2. The van der Waals surface area contributed by atoms with Crippen molar-refractivity contribution in [1.29, 1.82) is 0 Å². The average Bonchev–Trinajstić information content (AvgIpc) is 3.05. The first-order valence-corrected chi connectivity index (χ1v) is 7.36. The van der Waals surface area contributed by atoms with Crippen LogP contribution >= 0.6 is 0 Å². The molecule has 1 aromatic heterocycles. The third-order valence-electron chi connectivity index (χ3n) is 3.00. The lowest BCUT2D eigenvalue weighted by Crippen LogP contribution is -2.34. The van der Waals surface area contributed by atoms with Gasteiger partial charge in [0.15, 0.2) is 0 Å². The average molecular weight is 279 g/mol. The molecule has 3 rings (SSSR count). The first-order valence-electron chi connectivity index (χ1n) is 5.88. The second-order valence-electron chi connectivity index (χ2n) is 4.34. The van der Waals surface area contributed by atoms with Crippen LogP contribution in [0.2, 0.25) is 0 Å². The van der Waals surface area contributed by atoms with Crippen molar-refractivity contribution in [3.05, 3.63) is 42.2 Å². The van der Waals surface area contributed by atoms with Gasteiger partial charge in [0.05, 0.1) is 6.20 Å². The molecule has 2 aromatic rings. The molecular weight excluding hydrogens is 266 g/mol. The molecule has 0 spiro atoms. The summed E-state index contributed by atoms with van der Waals surface area (Å²) >= 11 is 0. The van der Waals surface area contributed by atoms with Crippen LogP contribution in [0, 0.1) is 0 Å². The largest absolute Gasteiger partial charge is 0.488 e. The summed E-state index contributed by atoms with van der Waals surface area (Å²) < 4.78 is 32.0. The third kappa shape index (κ3) is 2.47. The number of sulfonamides is 1. The molecule has 100 valence electrons. The second kappa shape index (κ2) is 4.67. The molecule has 0 saturated heterocycles. The van der Waals surface area contributed by atoms with E-state index < -0.39 is 10.0 Å². The molecule has 1 aliphatic rings. The van der Waals surface area contributed by atoms with Crippen molar-refractivity contribution >= 4 is 10.0 Å². The van der Waals surface area contributed by atoms with E-state index in [-0.39, 0.29) is 17.5 Å². The second-order valence-corrected chi connectivity index (χ2v) is 6.10. The number of hydrogen-bond acceptors (Lipinski definition) is 4. The van der Waals surface area contributed by atoms with Gasteiger partial charge in [0.25, 0.3) is 0 Å². The fourth-order valence-electron chi connectivity index (χ4n) is 2.04. The Bertz CT molecular complexity index is 642. The Morgan fingerprint density at radius 2 is 2.26 bits per heavy atom. The molecular formula is C12H13N3O3S. The van der Waals surface area contributed by atoms with E-state index in [9.17, 15) is 8.42 Å². The minimum absolute atomic E-state index is 0.128. The Labute approximate surface area is 110 Å². The lowest BCUT2D eigenvalue weighted by atomic mass is 10.1. The van der Waals surface area contributed by atoms with Gasteiger partial charge in [-0.15, -0.1) is 0 Å². The van der Waals surface area contributed by atoms with Crippen LogP contribution in [0.3, 0.4) is 0 Å². The minimum Gasteiger partial charge on any atom is -0.488 e. The lowest BCUT2D eigenvalue weighted by Gasteiger charge is -2.11. The van der Waals surface area contributed by atoms with Gasteiger partial charge < -0.3 is 4.74 Å². The van der Waals surface area contributed by atoms with Gasteiger partial charge in [-0.25, -0.2) is 13.1 Å². The number of aromatic amines is 1. The predicted molar refractivity (Wildman–Crippen MR) is 68.3 cm³/mol. The quantitative estimate of drug-likeness (QED) is 0.862. The van der Waals surface area contributed by atoms with Gasteiger partial charge in [-0.3, -0.25) is 5.10 Å². The maximum atomic E-state index is 11.9. The molecule has 0 amide bonds. The van der Waals surface area contributed by atoms with Crippen LogP contribution in [0.4, 0.5) is 0 Å². The highest BCUT2D eigenvalue weighted by atomic mass is 32.2. The Morgan fingerprint density at radius 1 is 1.42 bits per heavy atom. The smallest absolute Gasteiger partial charge is 0.243 e. The van der Waals surface area contributed by atoms with E-state index in [0.29, 0.717) is 6.42 Å². The molecule has 1 atom stereocenters. The Morgan fingerprint density at radius 3 is 3.00 bits per heavy atom. The van der Waals surface area contributed by atoms with E-state index >= 15 is 0 Å². The van der Waals surface area contributed by atoms with Gasteiger partial charge >= 0.3 is 0 Å². The number of aromatic nitrogens is 2. The van der Waals surface area contributed by atoms with E-state index in [4.69, 9.17) is 4.74 Å². The van der Waals surface area contributed by atoms with Crippen molar-refractivity contribution in [3.63, 3.8) is 0 Å². The third-order valence-corrected chi connectivity index (χ3v) is 4.39. The van der Waals surface area contributed by atoms with Crippen LogP contribution in [0.5, 0.6) is 5.75 Å². The van der Waals surface area contributed by atoms with Crippen molar-refractivity contribution in [3.8, 4) is 5.75 Å². The minimum atomic E-state index is -3.52. The van der Waals surface area contributed by atoms with Crippen LogP contribution in [0.25, 0.3) is 0 Å². The van der Waals surface area contributed by atoms with E-state index in [1.54, 1.807) is 0 Å². The highest BCUT2D eigenvalue weighted by Crippen LogP contribution is 2.27. The number of hydrogen-bond donors (Lipinski definition) is 2. The number of rotatable bonds is 4. The summed E-state index contributed by atoms with van der Waals surface area (Å²) in [4.78, 5) is 0.128. The summed E-state index contributed by atoms with van der Waals surface area (Å²) in [5.74, 6) is 0.829. The summed E-state index contributed by atoms with van der Waals surface area (Å²) in [7, 11) is -3.52. The van der Waals surface area contributed by atoms with Crippen molar-refractivity contribution in [2.24, 2.45) is 0 Å². The number of ether oxygens (including phenoxy) is 1. The Balaban J connectivity index is 1.63. The van der Waals surface area contributed by atoms with Crippen LogP contribution in [0.1, 0.15) is 5.56 Å². The van der Waals surface area contributed by atoms with Crippen molar-refractivity contribution in [2.75, 3.05) is 6.54 Å². The predicted octanol–water partition coefficient (Wildman–Crippen LogP) is 0.692. The van der Waals surface area contributed by atoms with E-state index in [0.717, 1.165) is 11.3 Å². The molecule has 1 aromatic carbocycles. The molecule has 0 aliphatic carbocycles. The number of H-pyrrole nitrogens is 1. The summed E-state index contributed by atoms with van der Waals surface area (Å²) in [6, 6.07) is 7.72. The van der Waals surface area contributed by atoms with Crippen LogP contribution in [-0.4, -0.2) is 31.3 Å². The molecule has 7 heteroatoms. The fourth-order valence-corrected chi connectivity index (χ4v) is 3.01. The molecule has 1 aliphatic heterocycles. The van der Waals surface area contributed by atoms with Gasteiger partial charge in [-0.1, -0.05) is 18.2 Å². The first kappa shape index (κ1) is 12.2. The lowest BCUT2D eigenvalue weighted by molar-refractivity contribution is 0.236. The van der Waals surface area contributed by atoms with Crippen LogP contribution in [-0.2, 0) is 16.4 Å². The number of para-hydroxylation sites is 1. The van der Waals surface area contributed by atoms with Crippen molar-refractivity contribution in [2.45, 2.75) is 17.4 Å². The normalized spacial score (nSPS) is 18.0. The molecule has 1 unspecified atom stereocenters. The monoisotopic (exact) mass is 279 g/mol. The molecule has 19 heavy (non-hydrogen) atoms. The zero-order chi connectivity index (χ0) is 13.3. The maximum absolute atomic E-state index is 11.9. The Kier molecular flexibility index (Phi) is 3.00. The number of benzene rings is 1. The van der Waals surface area contributed by atoms with Crippen LogP contribution < -0.4 is 9.46 Å². The van der Waals surface area contributed by atoms with Crippen LogP contribution in [0.15, 0.2) is 41.6 Å². The summed E-state index contributed by atoms with van der Waals surface area (Å²) in [6.45, 7) is 0.238. The molecule has 2 N–H and O–H groups in total. The molecule has 0 bridgehead atoms. The zero-order valence-electron chi connectivity index (χ0n) is 10.0. The molecule has 0 radical (unpaired) electrons. The number of nitrogens with zero attached hydrogens (tertiary/aromatic N) is 1. The fraction of sp³-hybridized carbons (Fsp3) is 0.250. The highest BCUT2D eigenvalue weighted by Gasteiger charge is 2.24. The zero-order valence-corrected chi connectivity index (χ0v) is 10.9. The van der Waals surface area contributed by atoms with E-state index in [1.165, 1.54) is 12.4 Å². The Hall–Kier alpha value is -1.86. The van der Waals surface area contributed by atoms with Gasteiger partial charge in [-0.05, 0) is 11.6 Å². The summed E-state index contributed by atoms with van der Waals surface area (Å²) in [5.41, 5.74) is 1.11. The molecule has 2 heterocycles. The van der Waals surface area contributed by atoms with Gasteiger partial charge in [0.1, 0.15) is 16.7 Å². The van der Waals surface area contributed by atoms with Gasteiger partial charge in [0, 0.05) is 19.2 Å². The molecule has 0 fully saturated rings. The van der Waals surface area contributed by atoms with Crippen molar-refractivity contribution in [1.82, 2.24) is 14.9 Å². The summed E-state index contributed by atoms with van der Waals surface area (Å²) in [6.07, 6.45) is 3.16. The van der Waals surface area contributed by atoms with E-state index in [1.807, 2.05) is 24.3 Å².